The van der Waals surface area contributed by atoms with Gasteiger partial charge in [0.1, 0.15) is 17.5 Å². The van der Waals surface area contributed by atoms with E-state index in [2.05, 4.69) is 14.9 Å². The van der Waals surface area contributed by atoms with Crippen molar-refractivity contribution in [1.82, 2.24) is 9.97 Å². The Morgan fingerprint density at radius 2 is 2.06 bits per heavy atom. The van der Waals surface area contributed by atoms with Crippen LogP contribution in [0.2, 0.25) is 0 Å². The molecule has 6 heteroatoms. The maximum atomic E-state index is 7.37. The number of anilines is 2. The molecule has 6 nitrogen and oxygen atoms in total. The van der Waals surface area contributed by atoms with E-state index in [9.17, 15) is 0 Å². The lowest BCUT2D eigenvalue weighted by Crippen LogP contribution is -2.37. The lowest BCUT2D eigenvalue weighted by Gasteiger charge is -2.29. The molecule has 0 atom stereocenters. The number of hydrogen-bond acceptors (Lipinski definition) is 6. The molecule has 0 saturated carbocycles. The molecule has 2 heterocycles. The van der Waals surface area contributed by atoms with Crippen molar-refractivity contribution in [3.05, 3.63) is 11.4 Å². The lowest BCUT2D eigenvalue weighted by atomic mass is 10.2. The number of hydrogen-bond donors (Lipinski definition) is 2. The van der Waals surface area contributed by atoms with Crippen molar-refractivity contribution in [2.24, 2.45) is 0 Å². The molecule has 1 aliphatic heterocycles. The van der Waals surface area contributed by atoms with Crippen LogP contribution in [0.1, 0.15) is 11.4 Å². The van der Waals surface area contributed by atoms with Gasteiger partial charge in [0.25, 0.3) is 0 Å². The van der Waals surface area contributed by atoms with Crippen molar-refractivity contribution in [2.75, 3.05) is 36.9 Å². The van der Waals surface area contributed by atoms with Gasteiger partial charge in [-0.3, -0.25) is 0 Å². The number of nitrogens with two attached hydrogens (primary N) is 1. The van der Waals surface area contributed by atoms with E-state index in [0.29, 0.717) is 30.4 Å². The summed E-state index contributed by atoms with van der Waals surface area (Å²) in [7, 11) is 0. The van der Waals surface area contributed by atoms with Gasteiger partial charge in [-0.15, -0.1) is 0 Å². The molecule has 0 unspecified atom stereocenters. The lowest BCUT2D eigenvalue weighted by molar-refractivity contribution is 0.122. The predicted molar refractivity (Wildman–Crippen MR) is 62.1 cm³/mol. The molecule has 16 heavy (non-hydrogen) atoms. The summed E-state index contributed by atoms with van der Waals surface area (Å²) in [4.78, 5) is 10.5. The average Bonchev–Trinajstić information content (AvgIpc) is 2.29. The maximum Gasteiger partial charge on any atom is 0.143 e. The van der Waals surface area contributed by atoms with Crippen LogP contribution in [0.15, 0.2) is 0 Å². The van der Waals surface area contributed by atoms with Gasteiger partial charge in [0.05, 0.1) is 18.8 Å². The standard InChI is InChI=1S/C10H15N5O/c1-7-13-9(12)8(6-11)10(14-7)15-2-4-16-5-3-15/h6,11H,2-5H2,1H3,(H2,12,13,14). The zero-order valence-corrected chi connectivity index (χ0v) is 9.23. The number of morpholine rings is 1. The van der Waals surface area contributed by atoms with Gasteiger partial charge in [0, 0.05) is 19.3 Å². The second-order valence-corrected chi connectivity index (χ2v) is 3.64. The van der Waals surface area contributed by atoms with Gasteiger partial charge >= 0.3 is 0 Å². The molecule has 86 valence electrons. The molecular formula is C10H15N5O. The first-order valence-corrected chi connectivity index (χ1v) is 5.19. The van der Waals surface area contributed by atoms with Crippen molar-refractivity contribution in [3.8, 4) is 0 Å². The highest BCUT2D eigenvalue weighted by molar-refractivity contribution is 5.90. The Kier molecular flexibility index (Phi) is 3.00. The van der Waals surface area contributed by atoms with E-state index in [4.69, 9.17) is 15.9 Å². The molecule has 2 rings (SSSR count). The van der Waals surface area contributed by atoms with Crippen LogP contribution in [0.25, 0.3) is 0 Å². The Hall–Kier alpha value is -1.69. The number of aromatic nitrogens is 2. The molecule has 0 amide bonds. The Balaban J connectivity index is 2.40. The van der Waals surface area contributed by atoms with E-state index < -0.39 is 0 Å². The molecular weight excluding hydrogens is 206 g/mol. The molecule has 0 aliphatic carbocycles. The normalized spacial score (nSPS) is 16.2. The van der Waals surface area contributed by atoms with E-state index in [1.807, 2.05) is 0 Å². The summed E-state index contributed by atoms with van der Waals surface area (Å²) in [6.07, 6.45) is 1.21. The molecule has 1 aromatic heterocycles. The second kappa shape index (κ2) is 4.44. The zero-order valence-electron chi connectivity index (χ0n) is 9.23. The van der Waals surface area contributed by atoms with E-state index in [0.717, 1.165) is 18.9 Å². The van der Waals surface area contributed by atoms with Crippen LogP contribution in [-0.4, -0.2) is 42.5 Å². The largest absolute Gasteiger partial charge is 0.383 e. The second-order valence-electron chi connectivity index (χ2n) is 3.64. The van der Waals surface area contributed by atoms with Crippen molar-refractivity contribution in [1.29, 1.82) is 5.41 Å². The monoisotopic (exact) mass is 221 g/mol. The molecule has 0 bridgehead atoms. The molecule has 1 aliphatic rings. The third-order valence-electron chi connectivity index (χ3n) is 2.52. The minimum atomic E-state index is 0.365. The predicted octanol–water partition coefficient (Wildman–Crippen LogP) is 0.201. The van der Waals surface area contributed by atoms with E-state index in [1.165, 1.54) is 6.21 Å². The van der Waals surface area contributed by atoms with Crippen molar-refractivity contribution in [2.45, 2.75) is 6.92 Å². The van der Waals surface area contributed by atoms with E-state index >= 15 is 0 Å². The van der Waals surface area contributed by atoms with Crippen molar-refractivity contribution in [3.63, 3.8) is 0 Å². The molecule has 1 saturated heterocycles. The Labute approximate surface area is 94.0 Å². The van der Waals surface area contributed by atoms with Gasteiger partial charge in [-0.1, -0.05) is 0 Å². The number of nitrogens with zero attached hydrogens (tertiary/aromatic N) is 3. The van der Waals surface area contributed by atoms with Crippen LogP contribution in [-0.2, 0) is 4.74 Å². The van der Waals surface area contributed by atoms with Crippen LogP contribution >= 0.6 is 0 Å². The van der Waals surface area contributed by atoms with Crippen LogP contribution in [0, 0.1) is 12.3 Å². The molecule has 0 spiro atoms. The number of aryl methyl sites for hydroxylation is 1. The molecule has 0 radical (unpaired) electrons. The minimum Gasteiger partial charge on any atom is -0.383 e. The van der Waals surface area contributed by atoms with E-state index in [1.54, 1.807) is 6.92 Å². The third-order valence-corrected chi connectivity index (χ3v) is 2.52. The first-order valence-electron chi connectivity index (χ1n) is 5.19. The molecule has 3 N–H and O–H groups in total. The van der Waals surface area contributed by atoms with Gasteiger partial charge in [-0.05, 0) is 6.92 Å². The minimum absolute atomic E-state index is 0.365. The van der Waals surface area contributed by atoms with Crippen molar-refractivity contribution >= 4 is 17.9 Å². The number of nitrogens with one attached hydrogen (secondary N) is 1. The van der Waals surface area contributed by atoms with Crippen LogP contribution in [0.5, 0.6) is 0 Å². The quantitative estimate of drug-likeness (QED) is 0.696. The summed E-state index contributed by atoms with van der Waals surface area (Å²) in [6, 6.07) is 0. The fraction of sp³-hybridized carbons (Fsp3) is 0.500. The topological polar surface area (TPSA) is 88.1 Å². The Morgan fingerprint density at radius 3 is 2.69 bits per heavy atom. The van der Waals surface area contributed by atoms with Gasteiger partial charge in [0.2, 0.25) is 0 Å². The van der Waals surface area contributed by atoms with Gasteiger partial charge in [-0.25, -0.2) is 9.97 Å². The highest BCUT2D eigenvalue weighted by Crippen LogP contribution is 2.21. The highest BCUT2D eigenvalue weighted by Gasteiger charge is 2.18. The Morgan fingerprint density at radius 1 is 1.38 bits per heavy atom. The summed E-state index contributed by atoms with van der Waals surface area (Å²) in [5, 5.41) is 7.37. The highest BCUT2D eigenvalue weighted by atomic mass is 16.5. The summed E-state index contributed by atoms with van der Waals surface area (Å²) in [5.41, 5.74) is 6.37. The van der Waals surface area contributed by atoms with Crippen LogP contribution in [0.3, 0.4) is 0 Å². The fourth-order valence-electron chi connectivity index (χ4n) is 1.74. The van der Waals surface area contributed by atoms with Crippen molar-refractivity contribution < 1.29 is 4.74 Å². The molecule has 0 aromatic carbocycles. The molecule has 1 aromatic rings. The summed E-state index contributed by atoms with van der Waals surface area (Å²) < 4.78 is 5.28. The van der Waals surface area contributed by atoms with Gasteiger partial charge < -0.3 is 20.8 Å². The number of rotatable bonds is 2. The van der Waals surface area contributed by atoms with E-state index in [-0.39, 0.29) is 0 Å². The molecule has 1 fully saturated rings. The number of nitrogen functional groups attached to an aromatic ring is 1. The van der Waals surface area contributed by atoms with Gasteiger partial charge in [0.15, 0.2) is 0 Å². The summed E-state index contributed by atoms with van der Waals surface area (Å²) >= 11 is 0. The Bertz CT molecular complexity index is 400. The summed E-state index contributed by atoms with van der Waals surface area (Å²) in [6.45, 7) is 4.71. The maximum absolute atomic E-state index is 7.37. The summed E-state index contributed by atoms with van der Waals surface area (Å²) in [5.74, 6) is 1.73. The average molecular weight is 221 g/mol. The third kappa shape index (κ3) is 1.96. The SMILES string of the molecule is Cc1nc(N)c(C=N)c(N2CCOCC2)n1. The first-order chi connectivity index (χ1) is 7.72. The fourth-order valence-corrected chi connectivity index (χ4v) is 1.74. The smallest absolute Gasteiger partial charge is 0.143 e. The van der Waals surface area contributed by atoms with Gasteiger partial charge in [-0.2, -0.15) is 0 Å². The van der Waals surface area contributed by atoms with Crippen LogP contribution in [0.4, 0.5) is 11.6 Å². The number of ether oxygens (including phenoxy) is 1. The first kappa shape index (κ1) is 10.8. The van der Waals surface area contributed by atoms with Crippen LogP contribution < -0.4 is 10.6 Å². The zero-order chi connectivity index (χ0) is 11.5.